The Hall–Kier alpha value is -1.95. The molecular formula is C46H83N3O2. The number of ether oxygens (including phenoxy) is 2. The fourth-order valence-electron chi connectivity index (χ4n) is 6.16. The van der Waals surface area contributed by atoms with Crippen LogP contribution in [0.2, 0.25) is 0 Å². The zero-order valence-corrected chi connectivity index (χ0v) is 33.8. The normalized spacial score (nSPS) is 12.9. The molecule has 1 rings (SSSR count). The SMILES string of the molecule is CCCCCC=CCC=CCCCCCCCCOCC(CCNCCCn1ccnc1)OCCCCCCCCC=CCC=CCCCCC. The molecular weight excluding hydrogens is 627 g/mol. The number of aryl methyl sites for hydroxylation is 1. The smallest absolute Gasteiger partial charge is 0.0945 e. The van der Waals surface area contributed by atoms with E-state index < -0.39 is 0 Å². The van der Waals surface area contributed by atoms with Crippen LogP contribution in [-0.2, 0) is 16.0 Å². The van der Waals surface area contributed by atoms with Gasteiger partial charge >= 0.3 is 0 Å². The number of imidazole rings is 1. The first kappa shape index (κ1) is 47.1. The highest BCUT2D eigenvalue weighted by Crippen LogP contribution is 2.11. The van der Waals surface area contributed by atoms with Gasteiger partial charge in [0.15, 0.2) is 0 Å². The van der Waals surface area contributed by atoms with Crippen LogP contribution in [0.15, 0.2) is 67.3 Å². The molecule has 0 aromatic carbocycles. The summed E-state index contributed by atoms with van der Waals surface area (Å²) in [5.74, 6) is 0. The Kier molecular flexibility index (Phi) is 37.7. The van der Waals surface area contributed by atoms with Crippen LogP contribution in [0.25, 0.3) is 0 Å². The summed E-state index contributed by atoms with van der Waals surface area (Å²) < 4.78 is 14.6. The van der Waals surface area contributed by atoms with Crippen molar-refractivity contribution in [2.24, 2.45) is 0 Å². The second-order valence-electron chi connectivity index (χ2n) is 14.4. The van der Waals surface area contributed by atoms with Gasteiger partial charge in [-0.3, -0.25) is 0 Å². The highest BCUT2D eigenvalue weighted by Gasteiger charge is 2.09. The maximum atomic E-state index is 6.36. The van der Waals surface area contributed by atoms with Gasteiger partial charge in [0.25, 0.3) is 0 Å². The number of hydrogen-bond donors (Lipinski definition) is 1. The Bertz CT molecular complexity index is 908. The lowest BCUT2D eigenvalue weighted by Gasteiger charge is -2.19. The van der Waals surface area contributed by atoms with Gasteiger partial charge in [0.1, 0.15) is 0 Å². The highest BCUT2D eigenvalue weighted by molar-refractivity contribution is 4.93. The molecule has 0 aliphatic carbocycles. The maximum Gasteiger partial charge on any atom is 0.0945 e. The Labute approximate surface area is 317 Å². The van der Waals surface area contributed by atoms with Gasteiger partial charge in [-0.1, -0.05) is 140 Å². The van der Waals surface area contributed by atoms with Gasteiger partial charge in [-0.25, -0.2) is 4.98 Å². The lowest BCUT2D eigenvalue weighted by atomic mass is 10.1. The Morgan fingerprint density at radius 3 is 1.61 bits per heavy atom. The molecule has 1 atom stereocenters. The van der Waals surface area contributed by atoms with Gasteiger partial charge in [-0.2, -0.15) is 0 Å². The minimum absolute atomic E-state index is 0.189. The van der Waals surface area contributed by atoms with Crippen LogP contribution in [0.5, 0.6) is 0 Å². The summed E-state index contributed by atoms with van der Waals surface area (Å²) in [6.07, 6.45) is 57.5. The summed E-state index contributed by atoms with van der Waals surface area (Å²) >= 11 is 0. The number of allylic oxidation sites excluding steroid dienone is 8. The van der Waals surface area contributed by atoms with Gasteiger partial charge in [-0.05, 0) is 103 Å². The maximum absolute atomic E-state index is 6.36. The first-order valence-electron chi connectivity index (χ1n) is 21.8. The minimum Gasteiger partial charge on any atom is -0.379 e. The molecule has 1 aromatic heterocycles. The van der Waals surface area contributed by atoms with Gasteiger partial charge in [0.05, 0.1) is 19.0 Å². The molecule has 5 heteroatoms. The third-order valence-electron chi connectivity index (χ3n) is 9.46. The number of nitrogens with zero attached hydrogens (tertiary/aromatic N) is 2. The van der Waals surface area contributed by atoms with Gasteiger partial charge in [0, 0.05) is 32.2 Å². The standard InChI is InChI=1S/C46H83N3O2/c1-3-5-7-9-11-13-15-17-19-21-23-25-27-29-31-33-42-50-44-46(36-38-47-37-35-40-49-41-39-48-45-49)51-43-34-32-30-28-26-24-22-20-18-16-14-12-10-8-6-4-2/h11-14,17-20,39,41,45-47H,3-10,15-16,21-38,40,42-44H2,1-2H3. The van der Waals surface area contributed by atoms with Crippen LogP contribution >= 0.6 is 0 Å². The summed E-state index contributed by atoms with van der Waals surface area (Å²) in [5, 5.41) is 3.61. The third-order valence-corrected chi connectivity index (χ3v) is 9.46. The van der Waals surface area contributed by atoms with Gasteiger partial charge in [-0.15, -0.1) is 0 Å². The lowest BCUT2D eigenvalue weighted by Crippen LogP contribution is -2.27. The summed E-state index contributed by atoms with van der Waals surface area (Å²) in [6.45, 7) is 9.98. The zero-order chi connectivity index (χ0) is 36.4. The van der Waals surface area contributed by atoms with Crippen LogP contribution in [0, 0.1) is 0 Å². The molecule has 0 aliphatic heterocycles. The van der Waals surface area contributed by atoms with Gasteiger partial charge in [0.2, 0.25) is 0 Å². The van der Waals surface area contributed by atoms with Crippen LogP contribution in [0.1, 0.15) is 181 Å². The number of rotatable bonds is 40. The highest BCUT2D eigenvalue weighted by atomic mass is 16.5. The predicted octanol–water partition coefficient (Wildman–Crippen LogP) is 13.3. The van der Waals surface area contributed by atoms with Crippen molar-refractivity contribution < 1.29 is 9.47 Å². The summed E-state index contributed by atoms with van der Waals surface area (Å²) in [7, 11) is 0. The first-order valence-corrected chi connectivity index (χ1v) is 21.8. The summed E-state index contributed by atoms with van der Waals surface area (Å²) in [5.41, 5.74) is 0. The van der Waals surface area contributed by atoms with Crippen LogP contribution in [0.3, 0.4) is 0 Å². The van der Waals surface area contributed by atoms with Crippen molar-refractivity contribution >= 4 is 0 Å². The van der Waals surface area contributed by atoms with Crippen LogP contribution in [0.4, 0.5) is 0 Å². The summed E-state index contributed by atoms with van der Waals surface area (Å²) in [6, 6.07) is 0. The Morgan fingerprint density at radius 2 is 1.08 bits per heavy atom. The molecule has 1 heterocycles. The molecule has 0 fully saturated rings. The molecule has 1 N–H and O–H groups in total. The van der Waals surface area contributed by atoms with Crippen molar-refractivity contribution in [1.29, 1.82) is 0 Å². The molecule has 0 amide bonds. The van der Waals surface area contributed by atoms with Gasteiger partial charge < -0.3 is 19.4 Å². The topological polar surface area (TPSA) is 48.3 Å². The molecule has 0 saturated heterocycles. The van der Waals surface area contributed by atoms with E-state index in [1.165, 1.54) is 128 Å². The van der Waals surface area contributed by atoms with E-state index in [1.807, 2.05) is 18.7 Å². The van der Waals surface area contributed by atoms with Crippen molar-refractivity contribution in [1.82, 2.24) is 14.9 Å². The van der Waals surface area contributed by atoms with Crippen LogP contribution in [-0.4, -0.2) is 48.6 Å². The average molecular weight is 710 g/mol. The Morgan fingerprint density at radius 1 is 0.569 bits per heavy atom. The van der Waals surface area contributed by atoms with Crippen molar-refractivity contribution in [2.45, 2.75) is 193 Å². The van der Waals surface area contributed by atoms with E-state index in [-0.39, 0.29) is 6.10 Å². The number of hydrogen-bond acceptors (Lipinski definition) is 4. The largest absolute Gasteiger partial charge is 0.379 e. The average Bonchev–Trinajstić information content (AvgIpc) is 3.67. The Balaban J connectivity index is 2.08. The van der Waals surface area contributed by atoms with Crippen molar-refractivity contribution in [2.75, 3.05) is 32.9 Å². The van der Waals surface area contributed by atoms with Crippen molar-refractivity contribution in [3.63, 3.8) is 0 Å². The third kappa shape index (κ3) is 36.2. The number of unbranched alkanes of at least 4 members (excludes halogenated alkanes) is 18. The number of aromatic nitrogens is 2. The molecule has 1 aromatic rings. The fourth-order valence-corrected chi connectivity index (χ4v) is 6.16. The zero-order valence-electron chi connectivity index (χ0n) is 33.8. The molecule has 0 aliphatic rings. The van der Waals surface area contributed by atoms with Crippen LogP contribution < -0.4 is 5.32 Å². The monoisotopic (exact) mass is 710 g/mol. The van der Waals surface area contributed by atoms with E-state index in [0.717, 1.165) is 78.0 Å². The molecule has 0 bridgehead atoms. The van der Waals surface area contributed by atoms with E-state index in [1.54, 1.807) is 0 Å². The second kappa shape index (κ2) is 40.8. The minimum atomic E-state index is 0.189. The summed E-state index contributed by atoms with van der Waals surface area (Å²) in [4.78, 5) is 4.13. The van der Waals surface area contributed by atoms with E-state index in [4.69, 9.17) is 9.47 Å². The van der Waals surface area contributed by atoms with E-state index in [0.29, 0.717) is 0 Å². The second-order valence-corrected chi connectivity index (χ2v) is 14.4. The molecule has 5 nitrogen and oxygen atoms in total. The van der Waals surface area contributed by atoms with E-state index in [9.17, 15) is 0 Å². The first-order chi connectivity index (χ1) is 25.4. The predicted molar refractivity (Wildman–Crippen MR) is 224 cm³/mol. The molecule has 0 spiro atoms. The number of nitrogens with one attached hydrogen (secondary N) is 1. The molecule has 0 radical (unpaired) electrons. The quantitative estimate of drug-likeness (QED) is 0.0544. The van der Waals surface area contributed by atoms with Crippen molar-refractivity contribution in [3.8, 4) is 0 Å². The van der Waals surface area contributed by atoms with Crippen molar-refractivity contribution in [3.05, 3.63) is 67.3 Å². The molecule has 294 valence electrons. The van der Waals surface area contributed by atoms with E-state index in [2.05, 4.69) is 77.3 Å². The molecule has 0 saturated carbocycles. The molecule has 1 unspecified atom stereocenters. The fraction of sp³-hybridized carbons (Fsp3) is 0.761. The molecule has 51 heavy (non-hydrogen) atoms. The lowest BCUT2D eigenvalue weighted by molar-refractivity contribution is -0.0220. The van der Waals surface area contributed by atoms with E-state index >= 15 is 0 Å².